The second-order valence-corrected chi connectivity index (χ2v) is 11.8. The number of rotatable bonds is 8. The number of benzene rings is 1. The van der Waals surface area contributed by atoms with Crippen molar-refractivity contribution in [3.63, 3.8) is 0 Å². The second kappa shape index (κ2) is 16.3. The maximum atomic E-state index is 14.3. The first-order chi connectivity index (χ1) is 21.2. The fourth-order valence-electron chi connectivity index (χ4n) is 5.34. The lowest BCUT2D eigenvalue weighted by molar-refractivity contribution is -0.0177. The lowest BCUT2D eigenvalue weighted by atomic mass is 10.0. The Morgan fingerprint density at radius 3 is 2.50 bits per heavy atom. The SMILES string of the molecule is C[C@@H]1CCCCO[C@@H](CN(C)Cc2ccncc2)[C@@H](C)CN([C@@H](C)CO)C(=O)c2cc(NC(=O)c3ccncc3)ccc2O1. The Balaban J connectivity index is 1.61. The van der Waals surface area contributed by atoms with E-state index in [1.54, 1.807) is 60.0 Å². The molecule has 0 radical (unpaired) electrons. The van der Waals surface area contributed by atoms with Gasteiger partial charge in [0.05, 0.1) is 30.4 Å². The number of carbonyl (C=O) groups is 2. The van der Waals surface area contributed by atoms with Crippen LogP contribution in [-0.2, 0) is 11.3 Å². The third-order valence-electron chi connectivity index (χ3n) is 7.95. The van der Waals surface area contributed by atoms with Gasteiger partial charge in [-0.1, -0.05) is 6.92 Å². The number of hydrogen-bond donors (Lipinski definition) is 2. The van der Waals surface area contributed by atoms with Crippen LogP contribution >= 0.6 is 0 Å². The number of carbonyl (C=O) groups excluding carboxylic acids is 2. The number of ether oxygens (including phenoxy) is 2. The number of aliphatic hydroxyl groups excluding tert-OH is 1. The third-order valence-corrected chi connectivity index (χ3v) is 7.95. The zero-order valence-corrected chi connectivity index (χ0v) is 26.2. The van der Waals surface area contributed by atoms with Crippen molar-refractivity contribution < 1.29 is 24.2 Å². The summed E-state index contributed by atoms with van der Waals surface area (Å²) in [5.74, 6) is -0.163. The molecule has 2 aromatic heterocycles. The van der Waals surface area contributed by atoms with E-state index in [2.05, 4.69) is 34.2 Å². The standard InChI is InChI=1S/C34H45N5O5/c1-24-20-39(25(2)23-40)34(42)30-19-29(37-33(41)28-12-16-36-17-13-28)8-9-31(30)44-26(3)7-5-6-18-43-32(24)22-38(4)21-27-10-14-35-15-11-27/h8-17,19,24-26,32,40H,5-7,18,20-23H2,1-4H3,(H,37,41)/t24-,25-,26+,32-/m0/s1. The first-order valence-electron chi connectivity index (χ1n) is 15.4. The Morgan fingerprint density at radius 1 is 1.09 bits per heavy atom. The van der Waals surface area contributed by atoms with E-state index in [0.29, 0.717) is 42.3 Å². The molecule has 2 N–H and O–H groups in total. The van der Waals surface area contributed by atoms with E-state index in [1.807, 2.05) is 26.0 Å². The van der Waals surface area contributed by atoms with Gasteiger partial charge in [-0.15, -0.1) is 0 Å². The van der Waals surface area contributed by atoms with Crippen LogP contribution in [0, 0.1) is 5.92 Å². The van der Waals surface area contributed by atoms with Crippen molar-refractivity contribution >= 4 is 17.5 Å². The summed E-state index contributed by atoms with van der Waals surface area (Å²) in [6.07, 6.45) is 9.05. The molecule has 236 valence electrons. The van der Waals surface area contributed by atoms with Gasteiger partial charge in [0, 0.05) is 68.2 Å². The summed E-state index contributed by atoms with van der Waals surface area (Å²) >= 11 is 0. The highest BCUT2D eigenvalue weighted by Crippen LogP contribution is 2.29. The maximum Gasteiger partial charge on any atom is 0.258 e. The van der Waals surface area contributed by atoms with E-state index >= 15 is 0 Å². The molecule has 1 aliphatic heterocycles. The van der Waals surface area contributed by atoms with Crippen LogP contribution in [-0.4, -0.2) is 88.3 Å². The zero-order chi connectivity index (χ0) is 31.5. The molecule has 1 aliphatic rings. The van der Waals surface area contributed by atoms with Crippen LogP contribution in [0.3, 0.4) is 0 Å². The quantitative estimate of drug-likeness (QED) is 0.382. The van der Waals surface area contributed by atoms with E-state index in [1.165, 1.54) is 5.56 Å². The number of nitrogens with one attached hydrogen (secondary N) is 1. The van der Waals surface area contributed by atoms with Crippen LogP contribution in [0.15, 0.2) is 67.3 Å². The number of aliphatic hydroxyl groups is 1. The highest BCUT2D eigenvalue weighted by molar-refractivity contribution is 6.05. The molecule has 3 heterocycles. The number of anilines is 1. The minimum absolute atomic E-state index is 0.0337. The molecule has 4 atom stereocenters. The third kappa shape index (κ3) is 9.32. The largest absolute Gasteiger partial charge is 0.490 e. The highest BCUT2D eigenvalue weighted by atomic mass is 16.5. The highest BCUT2D eigenvalue weighted by Gasteiger charge is 2.30. The van der Waals surface area contributed by atoms with Gasteiger partial charge < -0.3 is 24.8 Å². The number of likely N-dealkylation sites (N-methyl/N-ethyl adjacent to an activating group) is 1. The normalized spacial score (nSPS) is 20.7. The fourth-order valence-corrected chi connectivity index (χ4v) is 5.34. The molecule has 4 rings (SSSR count). The van der Waals surface area contributed by atoms with Gasteiger partial charge in [0.2, 0.25) is 0 Å². The second-order valence-electron chi connectivity index (χ2n) is 11.8. The number of aromatic nitrogens is 2. The maximum absolute atomic E-state index is 14.3. The molecular formula is C34H45N5O5. The van der Waals surface area contributed by atoms with Gasteiger partial charge in [0.1, 0.15) is 5.75 Å². The smallest absolute Gasteiger partial charge is 0.258 e. The number of nitrogens with zero attached hydrogens (tertiary/aromatic N) is 4. The van der Waals surface area contributed by atoms with E-state index in [0.717, 1.165) is 25.8 Å². The average Bonchev–Trinajstić information content (AvgIpc) is 3.03. The lowest BCUT2D eigenvalue weighted by Gasteiger charge is -2.36. The first kappa shape index (κ1) is 33.0. The van der Waals surface area contributed by atoms with Crippen LogP contribution in [0.2, 0.25) is 0 Å². The number of fused-ring (bicyclic) bond motifs is 1. The van der Waals surface area contributed by atoms with Gasteiger partial charge in [-0.05, 0) is 88.2 Å². The molecule has 1 aromatic carbocycles. The van der Waals surface area contributed by atoms with Gasteiger partial charge in [-0.25, -0.2) is 0 Å². The van der Waals surface area contributed by atoms with Crippen molar-refractivity contribution in [2.45, 2.75) is 64.8 Å². The summed E-state index contributed by atoms with van der Waals surface area (Å²) in [6, 6.07) is 12.0. The average molecular weight is 604 g/mol. The van der Waals surface area contributed by atoms with E-state index < -0.39 is 6.04 Å². The van der Waals surface area contributed by atoms with Gasteiger partial charge in [0.15, 0.2) is 0 Å². The summed E-state index contributed by atoms with van der Waals surface area (Å²) in [6.45, 7) is 8.14. The fraction of sp³-hybridized carbons (Fsp3) is 0.471. The Bertz CT molecular complexity index is 1340. The van der Waals surface area contributed by atoms with Crippen molar-refractivity contribution in [3.8, 4) is 5.75 Å². The predicted molar refractivity (Wildman–Crippen MR) is 170 cm³/mol. The van der Waals surface area contributed by atoms with Crippen LogP contribution in [0.5, 0.6) is 5.75 Å². The van der Waals surface area contributed by atoms with Gasteiger partial charge in [0.25, 0.3) is 11.8 Å². The molecule has 0 bridgehead atoms. The molecule has 0 fully saturated rings. The molecule has 0 spiro atoms. The predicted octanol–water partition coefficient (Wildman–Crippen LogP) is 4.66. The number of pyridine rings is 2. The minimum Gasteiger partial charge on any atom is -0.490 e. The van der Waals surface area contributed by atoms with Crippen LogP contribution in [0.4, 0.5) is 5.69 Å². The van der Waals surface area contributed by atoms with E-state index in [4.69, 9.17) is 9.47 Å². The Morgan fingerprint density at radius 2 is 1.80 bits per heavy atom. The zero-order valence-electron chi connectivity index (χ0n) is 26.2. The molecule has 0 unspecified atom stereocenters. The monoisotopic (exact) mass is 603 g/mol. The van der Waals surface area contributed by atoms with Crippen molar-refractivity contribution in [1.29, 1.82) is 0 Å². The summed E-state index contributed by atoms with van der Waals surface area (Å²) in [5.41, 5.74) is 2.43. The molecule has 3 aromatic rings. The van der Waals surface area contributed by atoms with Crippen LogP contribution < -0.4 is 10.1 Å². The van der Waals surface area contributed by atoms with Crippen molar-refractivity contribution in [2.24, 2.45) is 5.92 Å². The summed E-state index contributed by atoms with van der Waals surface area (Å²) in [5, 5.41) is 13.1. The van der Waals surface area contributed by atoms with Gasteiger partial charge in [-0.2, -0.15) is 0 Å². The van der Waals surface area contributed by atoms with Gasteiger partial charge in [-0.3, -0.25) is 24.5 Å². The lowest BCUT2D eigenvalue weighted by Crippen LogP contribution is -2.47. The molecule has 0 saturated carbocycles. The number of hydrogen-bond acceptors (Lipinski definition) is 8. The topological polar surface area (TPSA) is 117 Å². The first-order valence-corrected chi connectivity index (χ1v) is 15.4. The van der Waals surface area contributed by atoms with Crippen molar-refractivity contribution in [2.75, 3.05) is 38.7 Å². The van der Waals surface area contributed by atoms with Crippen LogP contribution in [0.1, 0.15) is 66.3 Å². The van der Waals surface area contributed by atoms with Crippen molar-refractivity contribution in [1.82, 2.24) is 19.8 Å². The molecular weight excluding hydrogens is 558 g/mol. The molecule has 0 aliphatic carbocycles. The minimum atomic E-state index is -0.451. The summed E-state index contributed by atoms with van der Waals surface area (Å²) < 4.78 is 12.8. The Labute approximate surface area is 260 Å². The summed E-state index contributed by atoms with van der Waals surface area (Å²) in [7, 11) is 2.07. The molecule has 10 heteroatoms. The number of amides is 2. The molecule has 2 amide bonds. The molecule has 10 nitrogen and oxygen atoms in total. The summed E-state index contributed by atoms with van der Waals surface area (Å²) in [4.78, 5) is 39.2. The van der Waals surface area contributed by atoms with Crippen LogP contribution in [0.25, 0.3) is 0 Å². The van der Waals surface area contributed by atoms with E-state index in [9.17, 15) is 14.7 Å². The van der Waals surface area contributed by atoms with E-state index in [-0.39, 0.29) is 36.5 Å². The van der Waals surface area contributed by atoms with Gasteiger partial charge >= 0.3 is 0 Å². The molecule has 44 heavy (non-hydrogen) atoms. The molecule has 0 saturated heterocycles. The van der Waals surface area contributed by atoms with Crippen molar-refractivity contribution in [3.05, 3.63) is 83.9 Å². The Kier molecular flexibility index (Phi) is 12.2. The Hall–Kier alpha value is -3.86.